The third-order valence-corrected chi connectivity index (χ3v) is 2.40. The number of halogens is 1. The number of benzene rings is 1. The van der Waals surface area contributed by atoms with Crippen molar-refractivity contribution in [2.24, 2.45) is 0 Å². The molecule has 3 N–H and O–H groups in total. The van der Waals surface area contributed by atoms with Crippen LogP contribution in [0.25, 0.3) is 0 Å². The highest BCUT2D eigenvalue weighted by atomic mass is 19.1. The van der Waals surface area contributed by atoms with E-state index in [1.54, 1.807) is 6.07 Å². The summed E-state index contributed by atoms with van der Waals surface area (Å²) in [5.74, 6) is -1.84. The molecular weight excluding hydrogens is 241 g/mol. The molecule has 0 saturated heterocycles. The molecule has 2 unspecified atom stereocenters. The van der Waals surface area contributed by atoms with E-state index in [1.165, 1.54) is 12.1 Å². The first-order chi connectivity index (χ1) is 8.45. The van der Waals surface area contributed by atoms with E-state index in [9.17, 15) is 19.4 Å². The van der Waals surface area contributed by atoms with E-state index in [4.69, 9.17) is 10.4 Å². The Balaban J connectivity index is 3.00. The molecule has 18 heavy (non-hydrogen) atoms. The van der Waals surface area contributed by atoms with Gasteiger partial charge in [-0.3, -0.25) is 4.79 Å². The number of aliphatic hydroxyl groups excluding tert-OH is 2. The predicted molar refractivity (Wildman–Crippen MR) is 58.9 cm³/mol. The van der Waals surface area contributed by atoms with Crippen molar-refractivity contribution in [3.63, 3.8) is 0 Å². The largest absolute Gasteiger partial charge is 0.481 e. The number of rotatable bonds is 5. The molecule has 0 aliphatic rings. The van der Waals surface area contributed by atoms with Crippen LogP contribution in [0.15, 0.2) is 18.2 Å². The summed E-state index contributed by atoms with van der Waals surface area (Å²) in [4.78, 5) is 10.5. The second-order valence-electron chi connectivity index (χ2n) is 3.80. The molecule has 0 amide bonds. The second-order valence-corrected chi connectivity index (χ2v) is 3.80. The molecule has 1 aromatic carbocycles. The highest BCUT2D eigenvalue weighted by Crippen LogP contribution is 2.23. The van der Waals surface area contributed by atoms with E-state index in [2.05, 4.69) is 0 Å². The summed E-state index contributed by atoms with van der Waals surface area (Å²) in [7, 11) is 0. The maximum atomic E-state index is 13.5. The van der Waals surface area contributed by atoms with Crippen molar-refractivity contribution in [2.45, 2.75) is 25.0 Å². The van der Waals surface area contributed by atoms with Crippen LogP contribution in [0.4, 0.5) is 4.39 Å². The minimum Gasteiger partial charge on any atom is -0.481 e. The third kappa shape index (κ3) is 3.52. The van der Waals surface area contributed by atoms with Crippen LogP contribution in [0.5, 0.6) is 0 Å². The summed E-state index contributed by atoms with van der Waals surface area (Å²) < 4.78 is 13.5. The lowest BCUT2D eigenvalue weighted by Crippen LogP contribution is -2.19. The third-order valence-electron chi connectivity index (χ3n) is 2.40. The van der Waals surface area contributed by atoms with Crippen LogP contribution < -0.4 is 0 Å². The molecule has 96 valence electrons. The number of hydrogen-bond acceptors (Lipinski definition) is 4. The van der Waals surface area contributed by atoms with Crippen molar-refractivity contribution < 1.29 is 24.5 Å². The molecule has 1 aromatic rings. The van der Waals surface area contributed by atoms with E-state index < -0.39 is 24.0 Å². The summed E-state index contributed by atoms with van der Waals surface area (Å²) in [5.41, 5.74) is 0.0959. The molecule has 0 heterocycles. The van der Waals surface area contributed by atoms with Gasteiger partial charge in [-0.05, 0) is 17.7 Å². The van der Waals surface area contributed by atoms with Crippen molar-refractivity contribution in [1.29, 1.82) is 5.26 Å². The van der Waals surface area contributed by atoms with Crippen molar-refractivity contribution in [3.8, 4) is 6.07 Å². The molecule has 0 aromatic heterocycles. The van der Waals surface area contributed by atoms with Gasteiger partial charge >= 0.3 is 5.97 Å². The number of hydrogen-bond donors (Lipinski definition) is 3. The smallest absolute Gasteiger partial charge is 0.307 e. The highest BCUT2D eigenvalue weighted by Gasteiger charge is 2.22. The number of carboxylic acid groups (broad SMARTS) is 1. The van der Waals surface area contributed by atoms with Crippen LogP contribution in [-0.4, -0.2) is 27.4 Å². The molecule has 2 atom stereocenters. The maximum absolute atomic E-state index is 13.5. The van der Waals surface area contributed by atoms with Crippen LogP contribution in [0.3, 0.4) is 0 Å². The van der Waals surface area contributed by atoms with Gasteiger partial charge in [0.25, 0.3) is 0 Å². The number of aliphatic hydroxyl groups is 2. The lowest BCUT2D eigenvalue weighted by Gasteiger charge is -2.17. The van der Waals surface area contributed by atoms with Gasteiger partial charge in [-0.25, -0.2) is 4.39 Å². The Morgan fingerprint density at radius 2 is 2.11 bits per heavy atom. The van der Waals surface area contributed by atoms with Crippen molar-refractivity contribution in [1.82, 2.24) is 0 Å². The van der Waals surface area contributed by atoms with E-state index in [-0.39, 0.29) is 18.4 Å². The molecule has 0 spiro atoms. The standard InChI is InChI=1S/C12H12FNO4/c13-9-2-1-7(6-11(16)17)5-8(9)12(18)10(15)3-4-14/h1-2,5,10,12,15,18H,3,6H2,(H,16,17). The van der Waals surface area contributed by atoms with E-state index in [0.717, 1.165) is 6.07 Å². The van der Waals surface area contributed by atoms with Gasteiger partial charge in [-0.15, -0.1) is 0 Å². The first-order valence-electron chi connectivity index (χ1n) is 5.19. The lowest BCUT2D eigenvalue weighted by molar-refractivity contribution is -0.136. The van der Waals surface area contributed by atoms with Gasteiger partial charge in [-0.2, -0.15) is 5.26 Å². The average Bonchev–Trinajstić information content (AvgIpc) is 2.30. The van der Waals surface area contributed by atoms with Gasteiger partial charge in [0.1, 0.15) is 11.9 Å². The zero-order valence-corrected chi connectivity index (χ0v) is 9.38. The van der Waals surface area contributed by atoms with Crippen LogP contribution in [0.1, 0.15) is 23.7 Å². The lowest BCUT2D eigenvalue weighted by atomic mass is 9.99. The normalized spacial score (nSPS) is 13.7. The zero-order chi connectivity index (χ0) is 13.7. The Morgan fingerprint density at radius 1 is 1.44 bits per heavy atom. The van der Waals surface area contributed by atoms with Crippen LogP contribution in [0, 0.1) is 17.1 Å². The Hall–Kier alpha value is -1.97. The number of nitriles is 1. The fraction of sp³-hybridized carbons (Fsp3) is 0.333. The Labute approximate surface area is 103 Å². The van der Waals surface area contributed by atoms with Crippen LogP contribution in [-0.2, 0) is 11.2 Å². The molecule has 0 fully saturated rings. The first kappa shape index (κ1) is 14.1. The van der Waals surface area contributed by atoms with Gasteiger partial charge in [0.15, 0.2) is 0 Å². The first-order valence-corrected chi connectivity index (χ1v) is 5.19. The molecule has 0 aliphatic carbocycles. The minimum atomic E-state index is -1.56. The Bertz CT molecular complexity index is 483. The summed E-state index contributed by atoms with van der Waals surface area (Å²) in [6.07, 6.45) is -3.62. The van der Waals surface area contributed by atoms with Crippen LogP contribution in [0.2, 0.25) is 0 Å². The second kappa shape index (κ2) is 6.10. The Kier molecular flexibility index (Phi) is 4.77. The quantitative estimate of drug-likeness (QED) is 0.719. The predicted octanol–water partition coefficient (Wildman–Crippen LogP) is 0.761. The monoisotopic (exact) mass is 253 g/mol. The van der Waals surface area contributed by atoms with Gasteiger partial charge in [0.2, 0.25) is 0 Å². The van der Waals surface area contributed by atoms with Crippen LogP contribution >= 0.6 is 0 Å². The van der Waals surface area contributed by atoms with Crippen molar-refractivity contribution in [2.75, 3.05) is 0 Å². The summed E-state index contributed by atoms with van der Waals surface area (Å²) >= 11 is 0. The fourth-order valence-electron chi connectivity index (χ4n) is 1.52. The molecule has 0 saturated carbocycles. The fourth-order valence-corrected chi connectivity index (χ4v) is 1.52. The number of aliphatic carboxylic acids is 1. The molecule has 0 bridgehead atoms. The van der Waals surface area contributed by atoms with E-state index in [1.807, 2.05) is 0 Å². The van der Waals surface area contributed by atoms with Gasteiger partial charge in [0.05, 0.1) is 25.0 Å². The summed E-state index contributed by atoms with van der Waals surface area (Å²) in [5, 5.41) is 36.1. The van der Waals surface area contributed by atoms with E-state index >= 15 is 0 Å². The highest BCUT2D eigenvalue weighted by molar-refractivity contribution is 5.70. The average molecular weight is 253 g/mol. The number of carbonyl (C=O) groups is 1. The summed E-state index contributed by atoms with van der Waals surface area (Å²) in [6.45, 7) is 0. The molecule has 0 aliphatic heterocycles. The van der Waals surface area contributed by atoms with E-state index in [0.29, 0.717) is 5.56 Å². The molecule has 0 radical (unpaired) electrons. The van der Waals surface area contributed by atoms with Gasteiger partial charge in [-0.1, -0.05) is 6.07 Å². The topological polar surface area (TPSA) is 102 Å². The summed E-state index contributed by atoms with van der Waals surface area (Å²) in [6, 6.07) is 5.14. The number of nitrogens with zero attached hydrogens (tertiary/aromatic N) is 1. The Morgan fingerprint density at radius 3 is 2.67 bits per heavy atom. The maximum Gasteiger partial charge on any atom is 0.307 e. The molecule has 5 nitrogen and oxygen atoms in total. The van der Waals surface area contributed by atoms with Crippen molar-refractivity contribution >= 4 is 5.97 Å². The van der Waals surface area contributed by atoms with Crippen molar-refractivity contribution in [3.05, 3.63) is 35.1 Å². The molecule has 6 heteroatoms. The number of carboxylic acids is 1. The van der Waals surface area contributed by atoms with Gasteiger partial charge < -0.3 is 15.3 Å². The SMILES string of the molecule is N#CCC(O)C(O)c1cc(CC(=O)O)ccc1F. The molecular formula is C12H12FNO4. The molecule has 1 rings (SSSR count). The van der Waals surface area contributed by atoms with Gasteiger partial charge in [0, 0.05) is 5.56 Å². The minimum absolute atomic E-state index is 0.212. The zero-order valence-electron chi connectivity index (χ0n) is 9.38.